The molecular formula is C21H21F4N3O. The third-order valence-corrected chi connectivity index (χ3v) is 4.59. The van der Waals surface area contributed by atoms with Gasteiger partial charge in [-0.15, -0.1) is 0 Å². The third kappa shape index (κ3) is 4.59. The minimum absolute atomic E-state index is 0.0613. The van der Waals surface area contributed by atoms with E-state index >= 15 is 0 Å². The Kier molecular flexibility index (Phi) is 5.93. The minimum atomic E-state index is -4.48. The van der Waals surface area contributed by atoms with E-state index in [1.54, 1.807) is 25.1 Å². The molecule has 0 saturated carbocycles. The first-order valence-electron chi connectivity index (χ1n) is 9.11. The average Bonchev–Trinajstić information content (AvgIpc) is 3.07. The number of para-hydroxylation sites is 1. The molecular weight excluding hydrogens is 386 g/mol. The maximum atomic E-state index is 14.4. The lowest BCUT2D eigenvalue weighted by Crippen LogP contribution is -2.28. The Morgan fingerprint density at radius 3 is 2.41 bits per heavy atom. The van der Waals surface area contributed by atoms with Crippen LogP contribution < -0.4 is 5.73 Å². The van der Waals surface area contributed by atoms with Crippen LogP contribution in [0.4, 0.5) is 23.4 Å². The summed E-state index contributed by atoms with van der Waals surface area (Å²) in [5, 5.41) is 4.23. The fourth-order valence-corrected chi connectivity index (χ4v) is 3.18. The quantitative estimate of drug-likeness (QED) is 0.546. The average molecular weight is 407 g/mol. The third-order valence-electron chi connectivity index (χ3n) is 4.59. The van der Waals surface area contributed by atoms with E-state index in [9.17, 15) is 17.6 Å². The number of anilines is 1. The number of rotatable bonds is 6. The van der Waals surface area contributed by atoms with Crippen molar-refractivity contribution in [3.05, 3.63) is 66.0 Å². The molecule has 3 rings (SSSR count). The van der Waals surface area contributed by atoms with Crippen molar-refractivity contribution in [1.29, 1.82) is 0 Å². The van der Waals surface area contributed by atoms with Gasteiger partial charge in [0.15, 0.2) is 0 Å². The number of halogens is 4. The normalized spacial score (nSPS) is 14.0. The fraction of sp³-hybridized carbons (Fsp3) is 0.286. The number of ether oxygens (including phenoxy) is 1. The van der Waals surface area contributed by atoms with Crippen LogP contribution in [-0.2, 0) is 4.74 Å². The molecule has 0 spiro atoms. The summed E-state index contributed by atoms with van der Waals surface area (Å²) >= 11 is 0. The van der Waals surface area contributed by atoms with Crippen molar-refractivity contribution < 1.29 is 22.3 Å². The summed E-state index contributed by atoms with van der Waals surface area (Å²) in [6.45, 7) is 2.68. The lowest BCUT2D eigenvalue weighted by atomic mass is 9.94. The van der Waals surface area contributed by atoms with Crippen LogP contribution >= 0.6 is 0 Å². The molecule has 2 aromatic carbocycles. The Morgan fingerprint density at radius 1 is 1.10 bits per heavy atom. The molecule has 0 aliphatic heterocycles. The molecule has 8 heteroatoms. The van der Waals surface area contributed by atoms with Crippen LogP contribution in [0.25, 0.3) is 16.9 Å². The summed E-state index contributed by atoms with van der Waals surface area (Å²) in [4.78, 5) is 0. The number of alkyl halides is 3. The summed E-state index contributed by atoms with van der Waals surface area (Å²) in [5.74, 6) is -2.27. The van der Waals surface area contributed by atoms with E-state index in [1.807, 2.05) is 18.2 Å². The van der Waals surface area contributed by atoms with Gasteiger partial charge in [0.05, 0.1) is 23.4 Å². The molecule has 0 radical (unpaired) electrons. The zero-order valence-corrected chi connectivity index (χ0v) is 15.9. The predicted molar refractivity (Wildman–Crippen MR) is 103 cm³/mol. The highest BCUT2D eigenvalue weighted by atomic mass is 19.4. The number of hydrogen-bond acceptors (Lipinski definition) is 3. The van der Waals surface area contributed by atoms with Crippen LogP contribution in [-0.4, -0.2) is 22.6 Å². The largest absolute Gasteiger partial charge is 0.394 e. The zero-order valence-electron chi connectivity index (χ0n) is 15.9. The summed E-state index contributed by atoms with van der Waals surface area (Å²) in [6, 6.07) is 14.4. The number of nitrogens with zero attached hydrogens (tertiary/aromatic N) is 2. The smallest absolute Gasteiger partial charge is 0.382 e. The first kappa shape index (κ1) is 20.9. The summed E-state index contributed by atoms with van der Waals surface area (Å²) in [7, 11) is 0. The van der Waals surface area contributed by atoms with Crippen LogP contribution in [0.15, 0.2) is 54.6 Å². The fourth-order valence-electron chi connectivity index (χ4n) is 3.18. The van der Waals surface area contributed by atoms with Gasteiger partial charge in [0.1, 0.15) is 11.6 Å². The summed E-state index contributed by atoms with van der Waals surface area (Å²) in [6.07, 6.45) is -5.82. The lowest BCUT2D eigenvalue weighted by molar-refractivity contribution is -0.202. The highest BCUT2D eigenvalue weighted by molar-refractivity contribution is 5.66. The number of aromatic nitrogens is 2. The van der Waals surface area contributed by atoms with Gasteiger partial charge in [-0.2, -0.15) is 18.3 Å². The van der Waals surface area contributed by atoms with Gasteiger partial charge < -0.3 is 10.5 Å². The molecule has 0 aliphatic carbocycles. The van der Waals surface area contributed by atoms with E-state index in [0.29, 0.717) is 16.9 Å². The minimum Gasteiger partial charge on any atom is -0.382 e. The maximum absolute atomic E-state index is 14.4. The van der Waals surface area contributed by atoms with Crippen molar-refractivity contribution >= 4 is 5.82 Å². The van der Waals surface area contributed by atoms with Crippen LogP contribution in [0.3, 0.4) is 0 Å². The second-order valence-electron chi connectivity index (χ2n) is 6.68. The molecule has 1 heterocycles. The first-order chi connectivity index (χ1) is 13.7. The molecule has 0 fully saturated rings. The van der Waals surface area contributed by atoms with Gasteiger partial charge in [-0.1, -0.05) is 25.1 Å². The molecule has 1 aromatic heterocycles. The van der Waals surface area contributed by atoms with E-state index in [-0.39, 0.29) is 18.0 Å². The van der Waals surface area contributed by atoms with E-state index in [2.05, 4.69) is 5.10 Å². The van der Waals surface area contributed by atoms with Crippen molar-refractivity contribution in [2.75, 3.05) is 12.3 Å². The van der Waals surface area contributed by atoms with Crippen molar-refractivity contribution in [2.45, 2.75) is 26.1 Å². The molecule has 0 saturated heterocycles. The standard InChI is InChI=1S/C21H21F4N3O/c1-3-29-20(13(2)21(23,24)25)15-9-14(10-16(22)11-15)18-12-19(26)27-28(18)17-7-5-4-6-8-17/h4-13,20H,3H2,1-2H3,(H2,26,27)/t13?,20-/m1/s1. The molecule has 0 bridgehead atoms. The molecule has 3 aromatic rings. The Labute approximate surface area is 165 Å². The van der Waals surface area contributed by atoms with Gasteiger partial charge in [0, 0.05) is 18.2 Å². The molecule has 4 nitrogen and oxygen atoms in total. The van der Waals surface area contributed by atoms with E-state index in [0.717, 1.165) is 13.0 Å². The Hall–Kier alpha value is -2.87. The first-order valence-corrected chi connectivity index (χ1v) is 9.11. The molecule has 29 heavy (non-hydrogen) atoms. The van der Waals surface area contributed by atoms with E-state index < -0.39 is 24.0 Å². The van der Waals surface area contributed by atoms with Crippen LogP contribution in [0.5, 0.6) is 0 Å². The topological polar surface area (TPSA) is 53.1 Å². The molecule has 154 valence electrons. The van der Waals surface area contributed by atoms with E-state index in [1.165, 1.54) is 16.8 Å². The maximum Gasteiger partial charge on any atom is 0.394 e. The van der Waals surface area contributed by atoms with Crippen LogP contribution in [0.2, 0.25) is 0 Å². The van der Waals surface area contributed by atoms with Crippen LogP contribution in [0.1, 0.15) is 25.5 Å². The van der Waals surface area contributed by atoms with Gasteiger partial charge in [0.2, 0.25) is 0 Å². The SMILES string of the molecule is CCO[C@@H](c1cc(F)cc(-c2cc(N)nn2-c2ccccc2)c1)C(C)C(F)(F)F. The lowest BCUT2D eigenvalue weighted by Gasteiger charge is -2.26. The monoisotopic (exact) mass is 407 g/mol. The molecule has 0 aliphatic rings. The number of nitrogens with two attached hydrogens (primary N) is 1. The van der Waals surface area contributed by atoms with Crippen LogP contribution in [0, 0.1) is 11.7 Å². The van der Waals surface area contributed by atoms with Crippen molar-refractivity contribution in [1.82, 2.24) is 9.78 Å². The number of benzene rings is 2. The number of hydrogen-bond donors (Lipinski definition) is 1. The van der Waals surface area contributed by atoms with Gasteiger partial charge >= 0.3 is 6.18 Å². The molecule has 2 N–H and O–H groups in total. The highest BCUT2D eigenvalue weighted by Crippen LogP contribution is 2.39. The molecule has 0 amide bonds. The Morgan fingerprint density at radius 2 is 1.79 bits per heavy atom. The van der Waals surface area contributed by atoms with E-state index in [4.69, 9.17) is 10.5 Å². The van der Waals surface area contributed by atoms with Crippen molar-refractivity contribution in [3.63, 3.8) is 0 Å². The summed E-state index contributed by atoms with van der Waals surface area (Å²) in [5.41, 5.74) is 7.45. The van der Waals surface area contributed by atoms with Crippen molar-refractivity contribution in [2.24, 2.45) is 5.92 Å². The van der Waals surface area contributed by atoms with Gasteiger partial charge in [-0.05, 0) is 42.8 Å². The second kappa shape index (κ2) is 8.24. The Balaban J connectivity index is 2.11. The molecule has 2 atom stereocenters. The number of nitrogen functional groups attached to an aromatic ring is 1. The molecule has 1 unspecified atom stereocenters. The Bertz CT molecular complexity index is 970. The van der Waals surface area contributed by atoms with Gasteiger partial charge in [0.25, 0.3) is 0 Å². The van der Waals surface area contributed by atoms with Gasteiger partial charge in [-0.3, -0.25) is 0 Å². The highest BCUT2D eigenvalue weighted by Gasteiger charge is 2.42. The zero-order chi connectivity index (χ0) is 21.2. The summed E-state index contributed by atoms with van der Waals surface area (Å²) < 4.78 is 61.2. The van der Waals surface area contributed by atoms with Gasteiger partial charge in [-0.25, -0.2) is 9.07 Å². The van der Waals surface area contributed by atoms with Crippen molar-refractivity contribution in [3.8, 4) is 16.9 Å². The predicted octanol–water partition coefficient (Wildman–Crippen LogP) is 5.54. The second-order valence-corrected chi connectivity index (χ2v) is 6.68.